The van der Waals surface area contributed by atoms with Crippen LogP contribution < -0.4 is 14.9 Å². The van der Waals surface area contributed by atoms with Crippen molar-refractivity contribution in [1.82, 2.24) is 0 Å². The second-order valence-corrected chi connectivity index (χ2v) is 5.28. The maximum atomic E-state index is 12.5. The van der Waals surface area contributed by atoms with Gasteiger partial charge in [-0.15, -0.1) is 0 Å². The van der Waals surface area contributed by atoms with E-state index in [1.54, 1.807) is 31.2 Å². The Hall–Kier alpha value is -3.15. The smallest absolute Gasteiger partial charge is 0.238 e. The minimum atomic E-state index is -0.718. The van der Waals surface area contributed by atoms with Gasteiger partial charge in [-0.25, -0.2) is 0 Å². The van der Waals surface area contributed by atoms with Crippen molar-refractivity contribution in [2.75, 3.05) is 13.2 Å². The number of fused-ring (bicyclic) bond motifs is 1. The lowest BCUT2D eigenvalue weighted by atomic mass is 10.1. The molecule has 0 spiro atoms. The first-order valence-corrected chi connectivity index (χ1v) is 7.94. The fourth-order valence-electron chi connectivity index (χ4n) is 2.57. The van der Waals surface area contributed by atoms with Crippen LogP contribution in [0.4, 0.5) is 0 Å². The van der Waals surface area contributed by atoms with Crippen molar-refractivity contribution in [3.63, 3.8) is 0 Å². The lowest BCUT2D eigenvalue weighted by Crippen LogP contribution is -2.04. The lowest BCUT2D eigenvalue weighted by molar-refractivity contribution is 0.319. The Labute approximate surface area is 143 Å². The van der Waals surface area contributed by atoms with Crippen LogP contribution in [0.5, 0.6) is 23.0 Å². The zero-order valence-electron chi connectivity index (χ0n) is 13.9. The van der Waals surface area contributed by atoms with Gasteiger partial charge in [0.1, 0.15) is 16.7 Å². The fraction of sp³-hybridized carbons (Fsp3) is 0.211. The first kappa shape index (κ1) is 16.7. The van der Waals surface area contributed by atoms with E-state index in [9.17, 15) is 15.0 Å². The molecule has 3 rings (SSSR count). The summed E-state index contributed by atoms with van der Waals surface area (Å²) in [5, 5.41) is 20.4. The first-order valence-electron chi connectivity index (χ1n) is 7.94. The summed E-state index contributed by atoms with van der Waals surface area (Å²) in [6.07, 6.45) is 0. The highest BCUT2D eigenvalue weighted by molar-refractivity contribution is 5.89. The molecule has 0 fully saturated rings. The van der Waals surface area contributed by atoms with E-state index < -0.39 is 11.2 Å². The minimum absolute atomic E-state index is 0.0316. The molecular weight excluding hydrogens is 324 g/mol. The van der Waals surface area contributed by atoms with Gasteiger partial charge >= 0.3 is 0 Å². The summed E-state index contributed by atoms with van der Waals surface area (Å²) in [7, 11) is 0. The summed E-state index contributed by atoms with van der Waals surface area (Å²) in [6.45, 7) is 4.52. The first-order chi connectivity index (χ1) is 12.1. The molecule has 0 saturated heterocycles. The number of hydrogen-bond acceptors (Lipinski definition) is 6. The molecule has 1 heterocycles. The molecule has 130 valence electrons. The van der Waals surface area contributed by atoms with Crippen LogP contribution in [0, 0.1) is 0 Å². The van der Waals surface area contributed by atoms with Crippen LogP contribution in [0.2, 0.25) is 0 Å². The van der Waals surface area contributed by atoms with Crippen molar-refractivity contribution in [1.29, 1.82) is 0 Å². The third kappa shape index (κ3) is 2.98. The van der Waals surface area contributed by atoms with Crippen LogP contribution in [0.15, 0.2) is 45.6 Å². The van der Waals surface area contributed by atoms with E-state index >= 15 is 0 Å². The molecule has 0 aliphatic heterocycles. The predicted molar refractivity (Wildman–Crippen MR) is 93.6 cm³/mol. The Morgan fingerprint density at radius 2 is 1.60 bits per heavy atom. The number of phenolic OH excluding ortho intramolecular Hbond substituents is 1. The van der Waals surface area contributed by atoms with Crippen LogP contribution in [0.3, 0.4) is 0 Å². The Bertz CT molecular complexity index is 956. The molecule has 6 nitrogen and oxygen atoms in total. The van der Waals surface area contributed by atoms with Gasteiger partial charge in [0, 0.05) is 5.56 Å². The molecule has 1 aromatic heterocycles. The highest BCUT2D eigenvalue weighted by Crippen LogP contribution is 2.37. The van der Waals surface area contributed by atoms with Gasteiger partial charge in [-0.3, -0.25) is 4.79 Å². The van der Waals surface area contributed by atoms with Gasteiger partial charge in [-0.05, 0) is 50.2 Å². The van der Waals surface area contributed by atoms with E-state index in [2.05, 4.69) is 0 Å². The van der Waals surface area contributed by atoms with Crippen molar-refractivity contribution in [2.45, 2.75) is 13.8 Å². The normalized spacial score (nSPS) is 10.8. The Morgan fingerprint density at radius 1 is 0.920 bits per heavy atom. The second-order valence-electron chi connectivity index (χ2n) is 5.28. The number of aromatic hydroxyl groups is 2. The summed E-state index contributed by atoms with van der Waals surface area (Å²) in [6, 6.07) is 9.85. The maximum absolute atomic E-state index is 12.5. The van der Waals surface area contributed by atoms with E-state index in [0.29, 0.717) is 24.5 Å². The van der Waals surface area contributed by atoms with Gasteiger partial charge < -0.3 is 24.1 Å². The average molecular weight is 342 g/mol. The molecule has 0 atom stereocenters. The average Bonchev–Trinajstić information content (AvgIpc) is 2.61. The largest absolute Gasteiger partial charge is 0.504 e. The molecule has 25 heavy (non-hydrogen) atoms. The fourth-order valence-corrected chi connectivity index (χ4v) is 2.57. The third-order valence-corrected chi connectivity index (χ3v) is 3.70. The Morgan fingerprint density at radius 3 is 2.24 bits per heavy atom. The van der Waals surface area contributed by atoms with Crippen LogP contribution >= 0.6 is 0 Å². The van der Waals surface area contributed by atoms with E-state index in [0.717, 1.165) is 0 Å². The van der Waals surface area contributed by atoms with Gasteiger partial charge in [0.05, 0.1) is 13.2 Å². The molecule has 0 saturated carbocycles. The lowest BCUT2D eigenvalue weighted by Gasteiger charge is -2.10. The standard InChI is InChI=1S/C19H18O6/c1-3-23-12-7-5-11(6-8-12)19-18(22)17(21)15-13(25-19)9-10-14(16(15)20)24-4-2/h5-10,20,22H,3-4H2,1-2H3. The molecule has 0 unspecified atom stereocenters. The van der Waals surface area contributed by atoms with E-state index in [4.69, 9.17) is 13.9 Å². The molecular formula is C19H18O6. The number of benzene rings is 2. The zero-order chi connectivity index (χ0) is 18.0. The van der Waals surface area contributed by atoms with Crippen LogP contribution in [0.25, 0.3) is 22.3 Å². The zero-order valence-corrected chi connectivity index (χ0v) is 13.9. The molecule has 0 bridgehead atoms. The van der Waals surface area contributed by atoms with E-state index in [1.165, 1.54) is 12.1 Å². The van der Waals surface area contributed by atoms with Gasteiger partial charge in [0.25, 0.3) is 0 Å². The summed E-state index contributed by atoms with van der Waals surface area (Å²) in [5.41, 5.74) is -0.0369. The molecule has 0 aliphatic rings. The van der Waals surface area contributed by atoms with Crippen molar-refractivity contribution in [3.8, 4) is 34.3 Å². The van der Waals surface area contributed by atoms with E-state index in [1.807, 2.05) is 6.92 Å². The third-order valence-electron chi connectivity index (χ3n) is 3.70. The highest BCUT2D eigenvalue weighted by atomic mass is 16.5. The SMILES string of the molecule is CCOc1ccc(-c2oc3ccc(OCC)c(O)c3c(=O)c2O)cc1. The Balaban J connectivity index is 2.16. The number of phenols is 1. The van der Waals surface area contributed by atoms with E-state index in [-0.39, 0.29) is 28.2 Å². The highest BCUT2D eigenvalue weighted by Gasteiger charge is 2.20. The summed E-state index contributed by atoms with van der Waals surface area (Å²) in [4.78, 5) is 12.5. The molecule has 0 aliphatic carbocycles. The minimum Gasteiger partial charge on any atom is -0.504 e. The molecule has 6 heteroatoms. The molecule has 3 aromatic rings. The molecule has 0 radical (unpaired) electrons. The quantitative estimate of drug-likeness (QED) is 0.735. The monoisotopic (exact) mass is 342 g/mol. The predicted octanol–water partition coefficient (Wildman–Crippen LogP) is 3.67. The second kappa shape index (κ2) is 6.76. The molecule has 0 amide bonds. The van der Waals surface area contributed by atoms with Gasteiger partial charge in [0.15, 0.2) is 17.3 Å². The topological polar surface area (TPSA) is 89.1 Å². The van der Waals surface area contributed by atoms with Gasteiger partial charge in [0.2, 0.25) is 11.2 Å². The van der Waals surface area contributed by atoms with Crippen LogP contribution in [-0.2, 0) is 0 Å². The number of ether oxygens (including phenoxy) is 2. The maximum Gasteiger partial charge on any atom is 0.238 e. The summed E-state index contributed by atoms with van der Waals surface area (Å²) < 4.78 is 16.3. The van der Waals surface area contributed by atoms with Crippen molar-refractivity contribution < 1.29 is 24.1 Å². The Kier molecular flexibility index (Phi) is 4.52. The summed E-state index contributed by atoms with van der Waals surface area (Å²) >= 11 is 0. The van der Waals surface area contributed by atoms with Gasteiger partial charge in [-0.1, -0.05) is 0 Å². The number of hydrogen-bond donors (Lipinski definition) is 2. The van der Waals surface area contributed by atoms with Crippen LogP contribution in [0.1, 0.15) is 13.8 Å². The molecule has 2 N–H and O–H groups in total. The molecule has 2 aromatic carbocycles. The van der Waals surface area contributed by atoms with Crippen molar-refractivity contribution in [2.24, 2.45) is 0 Å². The number of rotatable bonds is 5. The van der Waals surface area contributed by atoms with Crippen molar-refractivity contribution >= 4 is 11.0 Å². The summed E-state index contributed by atoms with van der Waals surface area (Å²) in [5.74, 6) is -0.0465. The van der Waals surface area contributed by atoms with Crippen molar-refractivity contribution in [3.05, 3.63) is 46.6 Å². The van der Waals surface area contributed by atoms with Crippen LogP contribution in [-0.4, -0.2) is 23.4 Å². The van der Waals surface area contributed by atoms with Gasteiger partial charge in [-0.2, -0.15) is 0 Å².